The molecule has 8 heavy (non-hydrogen) atoms. The molecule has 0 saturated heterocycles. The molecule has 0 aliphatic rings. The van der Waals surface area contributed by atoms with Gasteiger partial charge in [-0.2, -0.15) is 4.37 Å². The van der Waals surface area contributed by atoms with E-state index in [2.05, 4.69) is 4.37 Å². The molecule has 1 heterocycles. The van der Waals surface area contributed by atoms with Crippen LogP contribution in [0.5, 0.6) is 0 Å². The molecule has 44 valence electrons. The van der Waals surface area contributed by atoms with Crippen LogP contribution in [0.15, 0.2) is 6.20 Å². The van der Waals surface area contributed by atoms with Gasteiger partial charge in [0.15, 0.2) is 0 Å². The Kier molecular flexibility index (Phi) is 1.45. The zero-order valence-corrected chi connectivity index (χ0v) is 5.11. The number of nitrogen functional groups attached to an aromatic ring is 1. The Morgan fingerprint density at radius 2 is 2.50 bits per heavy atom. The highest BCUT2D eigenvalue weighted by atomic mass is 32.1. The average Bonchev–Trinajstić information content (AvgIpc) is 2.14. The van der Waals surface area contributed by atoms with Gasteiger partial charge in [-0.15, -0.1) is 0 Å². The summed E-state index contributed by atoms with van der Waals surface area (Å²) in [6.07, 6.45) is 1.62. The van der Waals surface area contributed by atoms with Crippen LogP contribution in [0.3, 0.4) is 0 Å². The lowest BCUT2D eigenvalue weighted by Crippen LogP contribution is -1.96. The molecule has 1 aromatic heterocycles. The summed E-state index contributed by atoms with van der Waals surface area (Å²) in [6, 6.07) is 0. The van der Waals surface area contributed by atoms with Gasteiger partial charge in [0, 0.05) is 6.54 Å². The third-order valence-corrected chi connectivity index (χ3v) is 1.70. The van der Waals surface area contributed by atoms with Gasteiger partial charge < -0.3 is 11.5 Å². The highest BCUT2D eigenvalue weighted by molar-refractivity contribution is 7.06. The molecule has 0 unspecified atom stereocenters. The van der Waals surface area contributed by atoms with Crippen molar-refractivity contribution in [2.45, 2.75) is 6.54 Å². The first-order valence-electron chi connectivity index (χ1n) is 2.23. The molecule has 1 aromatic rings. The second-order valence-corrected chi connectivity index (χ2v) is 2.29. The Hall–Kier alpha value is -0.610. The van der Waals surface area contributed by atoms with E-state index in [9.17, 15) is 0 Å². The molecule has 0 atom stereocenters. The van der Waals surface area contributed by atoms with E-state index < -0.39 is 0 Å². The molecule has 4 N–H and O–H groups in total. The SMILES string of the molecule is NCc1sncc1N. The summed E-state index contributed by atoms with van der Waals surface area (Å²) in [4.78, 5) is 0.963. The zero-order chi connectivity index (χ0) is 5.98. The molecular weight excluding hydrogens is 122 g/mol. The largest absolute Gasteiger partial charge is 0.396 e. The number of rotatable bonds is 1. The van der Waals surface area contributed by atoms with Crippen LogP contribution in [-0.4, -0.2) is 4.37 Å². The fourth-order valence-corrected chi connectivity index (χ4v) is 0.953. The number of hydrogen-bond donors (Lipinski definition) is 2. The van der Waals surface area contributed by atoms with Gasteiger partial charge >= 0.3 is 0 Å². The highest BCUT2D eigenvalue weighted by Gasteiger charge is 1.95. The van der Waals surface area contributed by atoms with Crippen molar-refractivity contribution in [2.24, 2.45) is 5.73 Å². The van der Waals surface area contributed by atoms with E-state index in [1.54, 1.807) is 6.20 Å². The molecule has 3 nitrogen and oxygen atoms in total. The maximum absolute atomic E-state index is 5.42. The monoisotopic (exact) mass is 129 g/mol. The Morgan fingerprint density at radius 3 is 2.75 bits per heavy atom. The topological polar surface area (TPSA) is 64.9 Å². The van der Waals surface area contributed by atoms with Gasteiger partial charge in [0.2, 0.25) is 0 Å². The summed E-state index contributed by atoms with van der Waals surface area (Å²) in [5, 5.41) is 0. The molecule has 1 rings (SSSR count). The summed E-state index contributed by atoms with van der Waals surface area (Å²) >= 11 is 1.35. The highest BCUT2D eigenvalue weighted by Crippen LogP contribution is 2.13. The van der Waals surface area contributed by atoms with E-state index in [1.165, 1.54) is 11.5 Å². The van der Waals surface area contributed by atoms with Crippen LogP contribution in [0, 0.1) is 0 Å². The van der Waals surface area contributed by atoms with Crippen LogP contribution in [0.25, 0.3) is 0 Å². The normalized spacial score (nSPS) is 9.62. The maximum atomic E-state index is 5.42. The minimum Gasteiger partial charge on any atom is -0.396 e. The van der Waals surface area contributed by atoms with Crippen LogP contribution in [0.4, 0.5) is 5.69 Å². The first-order chi connectivity index (χ1) is 3.84. The lowest BCUT2D eigenvalue weighted by molar-refractivity contribution is 1.11. The molecular formula is C4H7N3S. The summed E-state index contributed by atoms with van der Waals surface area (Å²) in [5.74, 6) is 0. The summed E-state index contributed by atoms with van der Waals surface area (Å²) in [5.41, 5.74) is 11.4. The number of aromatic nitrogens is 1. The van der Waals surface area contributed by atoms with E-state index in [0.717, 1.165) is 4.88 Å². The van der Waals surface area contributed by atoms with Crippen molar-refractivity contribution in [3.05, 3.63) is 11.1 Å². The molecule has 0 aliphatic heterocycles. The second kappa shape index (κ2) is 2.11. The lowest BCUT2D eigenvalue weighted by Gasteiger charge is -1.86. The van der Waals surface area contributed by atoms with Crippen molar-refractivity contribution < 1.29 is 0 Å². The Morgan fingerprint density at radius 1 is 1.75 bits per heavy atom. The van der Waals surface area contributed by atoms with Gasteiger partial charge in [0.25, 0.3) is 0 Å². The standard InChI is InChI=1S/C4H7N3S/c5-1-4-3(6)2-7-8-4/h2H,1,5-6H2. The van der Waals surface area contributed by atoms with Crippen molar-refractivity contribution in [2.75, 3.05) is 5.73 Å². The fraction of sp³-hybridized carbons (Fsp3) is 0.250. The van der Waals surface area contributed by atoms with E-state index in [0.29, 0.717) is 12.2 Å². The second-order valence-electron chi connectivity index (χ2n) is 1.41. The predicted molar refractivity (Wildman–Crippen MR) is 34.4 cm³/mol. The average molecular weight is 129 g/mol. The van der Waals surface area contributed by atoms with Crippen molar-refractivity contribution in [3.63, 3.8) is 0 Å². The number of nitrogens with two attached hydrogens (primary N) is 2. The van der Waals surface area contributed by atoms with E-state index >= 15 is 0 Å². The van der Waals surface area contributed by atoms with Crippen LogP contribution < -0.4 is 11.5 Å². The van der Waals surface area contributed by atoms with Gasteiger partial charge in [0.1, 0.15) is 0 Å². The van der Waals surface area contributed by atoms with Gasteiger partial charge in [-0.3, -0.25) is 0 Å². The van der Waals surface area contributed by atoms with Crippen molar-refractivity contribution in [1.29, 1.82) is 0 Å². The van der Waals surface area contributed by atoms with Crippen LogP contribution >= 0.6 is 11.5 Å². The number of hydrogen-bond acceptors (Lipinski definition) is 4. The van der Waals surface area contributed by atoms with Crippen molar-refractivity contribution >= 4 is 17.2 Å². The first kappa shape index (κ1) is 5.53. The molecule has 0 radical (unpaired) electrons. The summed E-state index contributed by atoms with van der Waals surface area (Å²) < 4.78 is 3.83. The Bertz CT molecular complexity index is 172. The molecule has 0 aliphatic carbocycles. The Labute approximate surface area is 51.5 Å². The van der Waals surface area contributed by atoms with E-state index in [4.69, 9.17) is 11.5 Å². The molecule has 0 spiro atoms. The quantitative estimate of drug-likeness (QED) is 0.568. The van der Waals surface area contributed by atoms with E-state index in [1.807, 2.05) is 0 Å². The van der Waals surface area contributed by atoms with Gasteiger partial charge in [-0.05, 0) is 11.5 Å². The van der Waals surface area contributed by atoms with Crippen molar-refractivity contribution in [1.82, 2.24) is 4.37 Å². The summed E-state index contributed by atoms with van der Waals surface area (Å²) in [6.45, 7) is 0.497. The molecule has 0 fully saturated rings. The van der Waals surface area contributed by atoms with Gasteiger partial charge in [0.05, 0.1) is 16.8 Å². The van der Waals surface area contributed by atoms with Crippen LogP contribution in [0.1, 0.15) is 4.88 Å². The smallest absolute Gasteiger partial charge is 0.0672 e. The molecule has 0 aromatic carbocycles. The molecule has 0 saturated carbocycles. The minimum absolute atomic E-state index is 0.497. The zero-order valence-electron chi connectivity index (χ0n) is 4.29. The third-order valence-electron chi connectivity index (χ3n) is 0.862. The van der Waals surface area contributed by atoms with Crippen LogP contribution in [0.2, 0.25) is 0 Å². The van der Waals surface area contributed by atoms with Gasteiger partial charge in [-0.1, -0.05) is 0 Å². The first-order valence-corrected chi connectivity index (χ1v) is 3.01. The molecule has 4 heteroatoms. The molecule has 0 bridgehead atoms. The van der Waals surface area contributed by atoms with Crippen molar-refractivity contribution in [3.8, 4) is 0 Å². The molecule has 0 amide bonds. The third kappa shape index (κ3) is 0.801. The lowest BCUT2D eigenvalue weighted by atomic mass is 10.4. The minimum atomic E-state index is 0.497. The predicted octanol–water partition coefficient (Wildman–Crippen LogP) is 0.184. The van der Waals surface area contributed by atoms with Crippen LogP contribution in [-0.2, 0) is 6.54 Å². The summed E-state index contributed by atoms with van der Waals surface area (Å²) in [7, 11) is 0. The number of nitrogens with zero attached hydrogens (tertiary/aromatic N) is 1. The maximum Gasteiger partial charge on any atom is 0.0672 e. The Balaban J connectivity index is 2.92. The fourth-order valence-electron chi connectivity index (χ4n) is 0.427. The van der Waals surface area contributed by atoms with E-state index in [-0.39, 0.29) is 0 Å². The number of anilines is 1. The van der Waals surface area contributed by atoms with Gasteiger partial charge in [-0.25, -0.2) is 0 Å².